The molecule has 0 spiro atoms. The molecule has 0 aromatic rings. The van der Waals surface area contributed by atoms with Crippen LogP contribution in [0.3, 0.4) is 0 Å². The van der Waals surface area contributed by atoms with E-state index in [1.807, 2.05) is 6.92 Å². The molecule has 0 bridgehead atoms. The number of aliphatic carboxylic acids is 1. The van der Waals surface area contributed by atoms with Gasteiger partial charge in [-0.3, -0.25) is 4.79 Å². The summed E-state index contributed by atoms with van der Waals surface area (Å²) in [4.78, 5) is 24.6. The Hall–Kier alpha value is -1.30. The molecule has 1 aliphatic heterocycles. The molecule has 1 rings (SSSR count). The molecular weight excluding hydrogens is 234 g/mol. The zero-order valence-electron chi connectivity index (χ0n) is 11.1. The van der Waals surface area contributed by atoms with Crippen LogP contribution < -0.4 is 10.6 Å². The summed E-state index contributed by atoms with van der Waals surface area (Å²) in [6.45, 7) is 5.98. The predicted molar refractivity (Wildman–Crippen MR) is 68.5 cm³/mol. The zero-order valence-corrected chi connectivity index (χ0v) is 11.1. The quantitative estimate of drug-likeness (QED) is 0.675. The number of nitrogens with one attached hydrogen (secondary N) is 2. The highest BCUT2D eigenvalue weighted by atomic mass is 16.4. The minimum atomic E-state index is -1.01. The summed E-state index contributed by atoms with van der Waals surface area (Å²) in [7, 11) is 0. The molecule has 1 heterocycles. The average Bonchev–Trinajstić information content (AvgIpc) is 2.36. The van der Waals surface area contributed by atoms with Crippen molar-refractivity contribution < 1.29 is 14.7 Å². The van der Waals surface area contributed by atoms with Crippen LogP contribution in [0.2, 0.25) is 0 Å². The van der Waals surface area contributed by atoms with Crippen LogP contribution >= 0.6 is 0 Å². The highest BCUT2D eigenvalue weighted by Crippen LogP contribution is 2.12. The van der Waals surface area contributed by atoms with Crippen LogP contribution in [0.25, 0.3) is 0 Å². The lowest BCUT2D eigenvalue weighted by atomic mass is 10.0. The molecule has 3 N–H and O–H groups in total. The summed E-state index contributed by atoms with van der Waals surface area (Å²) >= 11 is 0. The first-order valence-electron chi connectivity index (χ1n) is 6.57. The molecule has 0 aromatic heterocycles. The van der Waals surface area contributed by atoms with Crippen molar-refractivity contribution >= 4 is 12.0 Å². The number of piperidine rings is 1. The monoisotopic (exact) mass is 257 g/mol. The van der Waals surface area contributed by atoms with Crippen molar-refractivity contribution in [2.24, 2.45) is 0 Å². The van der Waals surface area contributed by atoms with Crippen LogP contribution in [0.5, 0.6) is 0 Å². The Morgan fingerprint density at radius 1 is 1.44 bits per heavy atom. The van der Waals surface area contributed by atoms with Gasteiger partial charge in [-0.05, 0) is 39.3 Å². The Morgan fingerprint density at radius 3 is 2.56 bits per heavy atom. The van der Waals surface area contributed by atoms with E-state index in [2.05, 4.69) is 10.6 Å². The normalized spacial score (nSPS) is 18.1. The van der Waals surface area contributed by atoms with E-state index in [9.17, 15) is 9.59 Å². The van der Waals surface area contributed by atoms with E-state index in [0.717, 1.165) is 32.4 Å². The van der Waals surface area contributed by atoms with Crippen molar-refractivity contribution in [3.63, 3.8) is 0 Å². The lowest BCUT2D eigenvalue weighted by Crippen LogP contribution is -2.53. The summed E-state index contributed by atoms with van der Waals surface area (Å²) < 4.78 is 0. The van der Waals surface area contributed by atoms with Gasteiger partial charge in [-0.25, -0.2) is 4.79 Å². The highest BCUT2D eigenvalue weighted by molar-refractivity contribution is 5.82. The smallest absolute Gasteiger partial charge is 0.325 e. The number of carbonyl (C=O) groups is 2. The van der Waals surface area contributed by atoms with Crippen LogP contribution in [0.1, 0.15) is 33.1 Å². The predicted octanol–water partition coefficient (Wildman–Crippen LogP) is 0.633. The average molecular weight is 257 g/mol. The molecule has 1 fully saturated rings. The van der Waals surface area contributed by atoms with Gasteiger partial charge in [-0.1, -0.05) is 6.92 Å². The molecule has 6 nitrogen and oxygen atoms in total. The van der Waals surface area contributed by atoms with E-state index in [0.29, 0.717) is 6.54 Å². The molecule has 0 aliphatic carbocycles. The van der Waals surface area contributed by atoms with Crippen molar-refractivity contribution in [2.45, 2.75) is 45.2 Å². The second-order valence-electron chi connectivity index (χ2n) is 4.68. The van der Waals surface area contributed by atoms with E-state index >= 15 is 0 Å². The Labute approximate surface area is 108 Å². The third kappa shape index (κ3) is 4.18. The molecular formula is C12H23N3O3. The van der Waals surface area contributed by atoms with E-state index in [-0.39, 0.29) is 12.1 Å². The van der Waals surface area contributed by atoms with Gasteiger partial charge in [0.1, 0.15) is 6.04 Å². The van der Waals surface area contributed by atoms with Crippen molar-refractivity contribution in [1.29, 1.82) is 0 Å². The Kier molecular flexibility index (Phi) is 5.91. The second kappa shape index (κ2) is 7.20. The number of hydrogen-bond donors (Lipinski definition) is 3. The molecule has 1 aliphatic rings. The Morgan fingerprint density at radius 2 is 2.06 bits per heavy atom. The van der Waals surface area contributed by atoms with Crippen molar-refractivity contribution in [2.75, 3.05) is 19.6 Å². The molecule has 1 atom stereocenters. The second-order valence-corrected chi connectivity index (χ2v) is 4.68. The van der Waals surface area contributed by atoms with Crippen LogP contribution in [-0.4, -0.2) is 53.7 Å². The number of urea groups is 1. The minimum absolute atomic E-state index is 0.215. The van der Waals surface area contributed by atoms with Crippen LogP contribution in [-0.2, 0) is 4.79 Å². The maximum Gasteiger partial charge on any atom is 0.325 e. The topological polar surface area (TPSA) is 81.7 Å². The fourth-order valence-electron chi connectivity index (χ4n) is 2.14. The van der Waals surface area contributed by atoms with Crippen LogP contribution in [0.15, 0.2) is 0 Å². The van der Waals surface area contributed by atoms with E-state index in [1.54, 1.807) is 4.90 Å². The maximum atomic E-state index is 12.1. The lowest BCUT2D eigenvalue weighted by molar-refractivity contribution is -0.138. The molecule has 2 amide bonds. The Bertz CT molecular complexity index is 290. The molecule has 104 valence electrons. The molecule has 0 aromatic carbocycles. The van der Waals surface area contributed by atoms with Gasteiger partial charge in [0, 0.05) is 12.6 Å². The van der Waals surface area contributed by atoms with Gasteiger partial charge in [0.25, 0.3) is 0 Å². The maximum absolute atomic E-state index is 12.1. The van der Waals surface area contributed by atoms with Gasteiger partial charge in [-0.2, -0.15) is 0 Å². The first kappa shape index (κ1) is 14.8. The van der Waals surface area contributed by atoms with Crippen molar-refractivity contribution in [3.05, 3.63) is 0 Å². The molecule has 0 radical (unpaired) electrons. The summed E-state index contributed by atoms with van der Waals surface area (Å²) in [5.41, 5.74) is 0. The molecule has 6 heteroatoms. The number of rotatable bonds is 5. The minimum Gasteiger partial charge on any atom is -0.480 e. The SMILES string of the molecule is CCCN(C(=O)N[C@H](C)C(=O)O)C1CCNCC1. The molecule has 1 saturated heterocycles. The van der Waals surface area contributed by atoms with E-state index < -0.39 is 12.0 Å². The fourth-order valence-corrected chi connectivity index (χ4v) is 2.14. The van der Waals surface area contributed by atoms with Gasteiger partial charge in [0.05, 0.1) is 0 Å². The summed E-state index contributed by atoms with van der Waals surface area (Å²) in [5, 5.41) is 14.6. The standard InChI is InChI=1S/C12H23N3O3/c1-3-8-15(10-4-6-13-7-5-10)12(18)14-9(2)11(16)17/h9-10,13H,3-8H2,1-2H3,(H,14,18)(H,16,17)/t9-/m1/s1. The largest absolute Gasteiger partial charge is 0.480 e. The van der Waals surface area contributed by atoms with Gasteiger partial charge in [-0.15, -0.1) is 0 Å². The highest BCUT2D eigenvalue weighted by Gasteiger charge is 2.26. The van der Waals surface area contributed by atoms with Gasteiger partial charge >= 0.3 is 12.0 Å². The number of carboxylic acid groups (broad SMARTS) is 1. The van der Waals surface area contributed by atoms with Gasteiger partial charge < -0.3 is 20.6 Å². The lowest BCUT2D eigenvalue weighted by Gasteiger charge is -2.35. The third-order valence-corrected chi connectivity index (χ3v) is 3.19. The summed E-state index contributed by atoms with van der Waals surface area (Å²) in [5.74, 6) is -1.01. The fraction of sp³-hybridized carbons (Fsp3) is 0.833. The number of carboxylic acids is 1. The van der Waals surface area contributed by atoms with Gasteiger partial charge in [0.15, 0.2) is 0 Å². The first-order valence-corrected chi connectivity index (χ1v) is 6.57. The van der Waals surface area contributed by atoms with Gasteiger partial charge in [0.2, 0.25) is 0 Å². The van der Waals surface area contributed by atoms with Crippen LogP contribution in [0.4, 0.5) is 4.79 Å². The number of nitrogens with zero attached hydrogens (tertiary/aromatic N) is 1. The van der Waals surface area contributed by atoms with E-state index in [4.69, 9.17) is 5.11 Å². The molecule has 0 unspecified atom stereocenters. The van der Waals surface area contributed by atoms with Crippen molar-refractivity contribution in [1.82, 2.24) is 15.5 Å². The van der Waals surface area contributed by atoms with Crippen molar-refractivity contribution in [3.8, 4) is 0 Å². The first-order chi connectivity index (χ1) is 8.56. The molecule has 18 heavy (non-hydrogen) atoms. The van der Waals surface area contributed by atoms with Crippen LogP contribution in [0, 0.1) is 0 Å². The molecule has 0 saturated carbocycles. The third-order valence-electron chi connectivity index (χ3n) is 3.19. The number of carbonyl (C=O) groups excluding carboxylic acids is 1. The number of amides is 2. The summed E-state index contributed by atoms with van der Waals surface area (Å²) in [6, 6.07) is -0.899. The zero-order chi connectivity index (χ0) is 13.5. The van der Waals surface area contributed by atoms with E-state index in [1.165, 1.54) is 6.92 Å². The summed E-state index contributed by atoms with van der Waals surface area (Å²) in [6.07, 6.45) is 2.72. The number of hydrogen-bond acceptors (Lipinski definition) is 3. The Balaban J connectivity index is 2.59.